The molecule has 0 unspecified atom stereocenters. The second kappa shape index (κ2) is 4.80. The van der Waals surface area contributed by atoms with Crippen LogP contribution in [0, 0.1) is 5.92 Å². The maximum atomic E-state index is 11.9. The molecule has 0 atom stereocenters. The Hall–Kier alpha value is -2.63. The summed E-state index contributed by atoms with van der Waals surface area (Å²) >= 11 is 0. The van der Waals surface area contributed by atoms with Crippen LogP contribution in [0.5, 0.6) is 0 Å². The van der Waals surface area contributed by atoms with Gasteiger partial charge in [-0.05, 0) is 25.0 Å². The van der Waals surface area contributed by atoms with Gasteiger partial charge in [-0.2, -0.15) is 0 Å². The van der Waals surface area contributed by atoms with E-state index in [0.717, 1.165) is 12.8 Å². The van der Waals surface area contributed by atoms with Crippen molar-refractivity contribution in [3.8, 4) is 11.3 Å². The molecule has 6 nitrogen and oxygen atoms in total. The van der Waals surface area contributed by atoms with Crippen LogP contribution in [0.4, 0.5) is 11.4 Å². The molecule has 20 heavy (non-hydrogen) atoms. The third-order valence-electron chi connectivity index (χ3n) is 3.12. The van der Waals surface area contributed by atoms with Crippen LogP contribution < -0.4 is 16.7 Å². The Balaban J connectivity index is 1.94. The van der Waals surface area contributed by atoms with E-state index in [1.54, 1.807) is 24.5 Å². The highest BCUT2D eigenvalue weighted by molar-refractivity contribution is 5.96. The van der Waals surface area contributed by atoms with Gasteiger partial charge in [0.15, 0.2) is 5.69 Å². The molecule has 0 radical (unpaired) electrons. The maximum absolute atomic E-state index is 11.9. The number of amides is 1. The molecule has 0 spiro atoms. The molecule has 2 aromatic heterocycles. The van der Waals surface area contributed by atoms with Gasteiger partial charge in [-0.3, -0.25) is 9.78 Å². The zero-order chi connectivity index (χ0) is 14.1. The summed E-state index contributed by atoms with van der Waals surface area (Å²) in [5.74, 6) is 0.134. The quantitative estimate of drug-likeness (QED) is 0.884. The Kier molecular flexibility index (Phi) is 2.98. The third-order valence-corrected chi connectivity index (χ3v) is 3.12. The normalized spacial score (nSPS) is 14.0. The van der Waals surface area contributed by atoms with Gasteiger partial charge < -0.3 is 15.5 Å². The van der Waals surface area contributed by atoms with Crippen LogP contribution >= 0.6 is 0 Å². The number of carbonyl (C=O) groups is 1. The van der Waals surface area contributed by atoms with Crippen LogP contribution in [0.2, 0.25) is 0 Å². The first-order valence-electron chi connectivity index (χ1n) is 6.30. The fraction of sp³-hybridized carbons (Fsp3) is 0.214. The van der Waals surface area contributed by atoms with E-state index in [1.165, 1.54) is 6.07 Å². The number of rotatable bonds is 3. The summed E-state index contributed by atoms with van der Waals surface area (Å²) in [7, 11) is 0. The molecule has 102 valence electrons. The molecule has 3 N–H and O–H groups in total. The lowest BCUT2D eigenvalue weighted by Gasteiger charge is -2.07. The lowest BCUT2D eigenvalue weighted by atomic mass is 10.2. The lowest BCUT2D eigenvalue weighted by Crippen LogP contribution is -2.20. The molecule has 0 aromatic carbocycles. The summed E-state index contributed by atoms with van der Waals surface area (Å²) in [5, 5.41) is 2.53. The van der Waals surface area contributed by atoms with Crippen molar-refractivity contribution in [1.29, 1.82) is 0 Å². The van der Waals surface area contributed by atoms with Crippen LogP contribution in [0.1, 0.15) is 12.8 Å². The molecular weight excluding hydrogens is 258 g/mol. The highest BCUT2D eigenvalue weighted by Crippen LogP contribution is 2.31. The zero-order valence-electron chi connectivity index (χ0n) is 10.6. The summed E-state index contributed by atoms with van der Waals surface area (Å²) in [5.41, 5.74) is 6.03. The smallest absolute Gasteiger partial charge is 0.362 e. The first-order valence-corrected chi connectivity index (χ1v) is 6.30. The van der Waals surface area contributed by atoms with E-state index in [4.69, 9.17) is 10.2 Å². The van der Waals surface area contributed by atoms with Gasteiger partial charge in [0.25, 0.3) is 0 Å². The Bertz CT molecular complexity index is 705. The first kappa shape index (κ1) is 12.4. The molecule has 0 bridgehead atoms. The van der Waals surface area contributed by atoms with Crippen molar-refractivity contribution in [2.75, 3.05) is 11.1 Å². The molecule has 3 rings (SSSR count). The van der Waals surface area contributed by atoms with E-state index in [9.17, 15) is 9.59 Å². The van der Waals surface area contributed by atoms with E-state index in [-0.39, 0.29) is 23.2 Å². The third kappa shape index (κ3) is 2.40. The fourth-order valence-corrected chi connectivity index (χ4v) is 1.86. The highest BCUT2D eigenvalue weighted by Gasteiger charge is 2.30. The average molecular weight is 271 g/mol. The minimum atomic E-state index is -0.655. The van der Waals surface area contributed by atoms with Gasteiger partial charge in [-0.1, -0.05) is 0 Å². The molecule has 0 saturated heterocycles. The molecule has 1 aliphatic carbocycles. The standard InChI is InChI=1S/C14H13N3O3/c15-10-6-11(9-2-1-5-16-7-9)20-14(19)12(10)17-13(18)8-3-4-8/h1-2,5-8H,3-4,15H2,(H,17,18). The summed E-state index contributed by atoms with van der Waals surface area (Å²) < 4.78 is 5.19. The Morgan fingerprint density at radius 3 is 2.85 bits per heavy atom. The molecule has 2 heterocycles. The van der Waals surface area contributed by atoms with E-state index in [2.05, 4.69) is 10.3 Å². The SMILES string of the molecule is Nc1cc(-c2cccnc2)oc(=O)c1NC(=O)C1CC1. The van der Waals surface area contributed by atoms with Gasteiger partial charge in [0.1, 0.15) is 5.76 Å². The number of hydrogen-bond acceptors (Lipinski definition) is 5. The van der Waals surface area contributed by atoms with Crippen molar-refractivity contribution in [3.05, 3.63) is 41.0 Å². The first-order chi connectivity index (χ1) is 9.65. The van der Waals surface area contributed by atoms with Crippen molar-refractivity contribution < 1.29 is 9.21 Å². The van der Waals surface area contributed by atoms with Crippen molar-refractivity contribution in [3.63, 3.8) is 0 Å². The van der Waals surface area contributed by atoms with Crippen molar-refractivity contribution >= 4 is 17.3 Å². The second-order valence-corrected chi connectivity index (χ2v) is 4.73. The van der Waals surface area contributed by atoms with E-state index < -0.39 is 5.63 Å². The number of aromatic nitrogens is 1. The van der Waals surface area contributed by atoms with Crippen LogP contribution in [0.15, 0.2) is 39.8 Å². The van der Waals surface area contributed by atoms with Gasteiger partial charge in [-0.25, -0.2) is 4.79 Å². The predicted octanol–water partition coefficient (Wildman–Crippen LogP) is 1.63. The number of nitrogens with two attached hydrogens (primary N) is 1. The van der Waals surface area contributed by atoms with Gasteiger partial charge in [0.2, 0.25) is 5.91 Å². The summed E-state index contributed by atoms with van der Waals surface area (Å²) in [6, 6.07) is 5.00. The van der Waals surface area contributed by atoms with Gasteiger partial charge in [0, 0.05) is 29.9 Å². The molecule has 1 saturated carbocycles. The molecule has 1 aliphatic rings. The molecule has 1 fully saturated rings. The minimum Gasteiger partial charge on any atom is -0.421 e. The number of pyridine rings is 1. The number of anilines is 2. The highest BCUT2D eigenvalue weighted by atomic mass is 16.4. The summed E-state index contributed by atoms with van der Waals surface area (Å²) in [6.07, 6.45) is 4.89. The van der Waals surface area contributed by atoms with E-state index >= 15 is 0 Å². The van der Waals surface area contributed by atoms with Gasteiger partial charge in [-0.15, -0.1) is 0 Å². The maximum Gasteiger partial charge on any atom is 0.362 e. The number of nitrogen functional groups attached to an aromatic ring is 1. The Labute approximate surface area is 114 Å². The van der Waals surface area contributed by atoms with Gasteiger partial charge >= 0.3 is 5.63 Å². The van der Waals surface area contributed by atoms with E-state index in [0.29, 0.717) is 11.3 Å². The minimum absolute atomic E-state index is 0.00759. The zero-order valence-corrected chi connectivity index (χ0v) is 10.6. The van der Waals surface area contributed by atoms with Gasteiger partial charge in [0.05, 0.1) is 5.69 Å². The van der Waals surface area contributed by atoms with Crippen LogP contribution in [0.25, 0.3) is 11.3 Å². The number of nitrogens with one attached hydrogen (secondary N) is 1. The van der Waals surface area contributed by atoms with Crippen LogP contribution in [-0.4, -0.2) is 10.9 Å². The largest absolute Gasteiger partial charge is 0.421 e. The Morgan fingerprint density at radius 1 is 1.45 bits per heavy atom. The average Bonchev–Trinajstić information content (AvgIpc) is 3.28. The van der Waals surface area contributed by atoms with Crippen LogP contribution in [0.3, 0.4) is 0 Å². The Morgan fingerprint density at radius 2 is 2.25 bits per heavy atom. The number of nitrogens with zero attached hydrogens (tertiary/aromatic N) is 1. The summed E-state index contributed by atoms with van der Waals surface area (Å²) in [4.78, 5) is 27.6. The van der Waals surface area contributed by atoms with Crippen molar-refractivity contribution in [2.45, 2.75) is 12.8 Å². The topological polar surface area (TPSA) is 98.2 Å². The predicted molar refractivity (Wildman–Crippen MR) is 74.0 cm³/mol. The van der Waals surface area contributed by atoms with E-state index in [1.807, 2.05) is 0 Å². The molecular formula is C14H13N3O3. The molecule has 0 aliphatic heterocycles. The molecule has 6 heteroatoms. The lowest BCUT2D eigenvalue weighted by molar-refractivity contribution is -0.117. The monoisotopic (exact) mass is 271 g/mol. The fourth-order valence-electron chi connectivity index (χ4n) is 1.86. The van der Waals surface area contributed by atoms with Crippen molar-refractivity contribution in [2.24, 2.45) is 5.92 Å². The van der Waals surface area contributed by atoms with Crippen molar-refractivity contribution in [1.82, 2.24) is 4.98 Å². The van der Waals surface area contributed by atoms with Crippen LogP contribution in [-0.2, 0) is 4.79 Å². The number of carbonyl (C=O) groups excluding carboxylic acids is 1. The summed E-state index contributed by atoms with van der Waals surface area (Å²) in [6.45, 7) is 0. The number of hydrogen-bond donors (Lipinski definition) is 2. The molecule has 2 aromatic rings. The second-order valence-electron chi connectivity index (χ2n) is 4.73. The molecule has 1 amide bonds.